The van der Waals surface area contributed by atoms with E-state index >= 15 is 0 Å². The Labute approximate surface area is 137 Å². The first-order chi connectivity index (χ1) is 10.2. The number of sulfonamides is 1. The van der Waals surface area contributed by atoms with Gasteiger partial charge < -0.3 is 0 Å². The lowest BCUT2D eigenvalue weighted by Gasteiger charge is -2.29. The van der Waals surface area contributed by atoms with Gasteiger partial charge in [0, 0.05) is 10.9 Å². The summed E-state index contributed by atoms with van der Waals surface area (Å²) in [6.07, 6.45) is 2.96. The lowest BCUT2D eigenvalue weighted by Crippen LogP contribution is -2.44. The molecule has 1 aromatic carbocycles. The van der Waals surface area contributed by atoms with E-state index in [-0.39, 0.29) is 10.8 Å². The molecule has 0 saturated heterocycles. The number of amidine groups is 1. The summed E-state index contributed by atoms with van der Waals surface area (Å²) in [5.74, 6) is 7.08. The summed E-state index contributed by atoms with van der Waals surface area (Å²) < 4.78 is 28.6. The number of nitrogens with two attached hydrogens (primary N) is 1. The van der Waals surface area contributed by atoms with Gasteiger partial charge >= 0.3 is 0 Å². The van der Waals surface area contributed by atoms with Gasteiger partial charge in [0.2, 0.25) is 0 Å². The number of nitrogens with zero attached hydrogens (tertiary/aromatic N) is 2. The Hall–Kier alpha value is -1.11. The quantitative estimate of drug-likeness (QED) is 0.829. The molecule has 2 rings (SSSR count). The highest BCUT2D eigenvalue weighted by atomic mass is 35.5. The molecule has 0 aliphatic carbocycles. The average Bonchev–Trinajstić information content (AvgIpc) is 2.42. The highest BCUT2D eigenvalue weighted by molar-refractivity contribution is 7.90. The van der Waals surface area contributed by atoms with Crippen LogP contribution in [0.3, 0.4) is 0 Å². The van der Waals surface area contributed by atoms with Gasteiger partial charge in [0.05, 0.1) is 5.69 Å². The molecular weight excluding hydrogens is 322 g/mol. The second-order valence-electron chi connectivity index (χ2n) is 6.13. The van der Waals surface area contributed by atoms with Crippen LogP contribution < -0.4 is 10.9 Å². The van der Waals surface area contributed by atoms with Crippen molar-refractivity contribution in [1.29, 1.82) is 0 Å². The number of anilines is 1. The Morgan fingerprint density at radius 3 is 2.59 bits per heavy atom. The van der Waals surface area contributed by atoms with Crippen molar-refractivity contribution in [3.8, 4) is 0 Å². The number of fused-ring (bicyclic) bond motifs is 1. The number of hydrogen-bond donors (Lipinski definition) is 1. The second-order valence-corrected chi connectivity index (χ2v) is 8.14. The minimum absolute atomic E-state index is 0.0256. The first kappa shape index (κ1) is 17.2. The van der Waals surface area contributed by atoms with Crippen LogP contribution in [0.15, 0.2) is 27.5 Å². The molecule has 2 N–H and O–H groups in total. The number of hydrazine groups is 1. The minimum atomic E-state index is -3.75. The highest BCUT2D eigenvalue weighted by Gasteiger charge is 2.31. The molecule has 1 atom stereocenters. The molecule has 1 aromatic rings. The number of halogens is 1. The normalized spacial score (nSPS) is 18.1. The average molecular weight is 344 g/mol. The topological polar surface area (TPSA) is 75.8 Å². The van der Waals surface area contributed by atoms with E-state index in [4.69, 9.17) is 17.4 Å². The molecule has 1 aliphatic rings. The highest BCUT2D eigenvalue weighted by Crippen LogP contribution is 2.34. The van der Waals surface area contributed by atoms with Crippen LogP contribution in [0.25, 0.3) is 0 Å². The molecule has 0 radical (unpaired) electrons. The number of hydrogen-bond acceptors (Lipinski definition) is 4. The number of benzene rings is 1. The van der Waals surface area contributed by atoms with Gasteiger partial charge in [0.1, 0.15) is 10.7 Å². The molecule has 1 heterocycles. The lowest BCUT2D eigenvalue weighted by molar-refractivity contribution is 0.509. The molecule has 7 heteroatoms. The van der Waals surface area contributed by atoms with E-state index in [9.17, 15) is 8.42 Å². The van der Waals surface area contributed by atoms with Crippen molar-refractivity contribution < 1.29 is 8.42 Å². The van der Waals surface area contributed by atoms with Gasteiger partial charge in [-0.1, -0.05) is 45.2 Å². The van der Waals surface area contributed by atoms with E-state index in [1.54, 1.807) is 12.1 Å². The minimum Gasteiger partial charge on any atom is -0.264 e. The van der Waals surface area contributed by atoms with Crippen molar-refractivity contribution in [2.45, 2.75) is 44.9 Å². The Morgan fingerprint density at radius 2 is 1.95 bits per heavy atom. The van der Waals surface area contributed by atoms with Gasteiger partial charge in [-0.15, -0.1) is 4.40 Å². The molecule has 122 valence electrons. The zero-order chi connectivity index (χ0) is 16.5. The molecule has 0 spiro atoms. The fraction of sp³-hybridized carbons (Fsp3) is 0.533. The molecule has 0 bridgehead atoms. The van der Waals surface area contributed by atoms with Gasteiger partial charge in [-0.3, -0.25) is 5.01 Å². The Bertz CT molecular complexity index is 686. The standard InChI is InChI=1S/C15H22ClN3O2S/c1-10(2)5-4-6-11(3)15-18-22(20,21)14-9-12(16)7-8-13(14)19(15)17/h7-11H,4-6,17H2,1-3H3. The first-order valence-electron chi connectivity index (χ1n) is 7.41. The molecule has 1 aliphatic heterocycles. The first-order valence-corrected chi connectivity index (χ1v) is 9.23. The smallest absolute Gasteiger partial charge is 0.264 e. The zero-order valence-electron chi connectivity index (χ0n) is 13.1. The Morgan fingerprint density at radius 1 is 1.27 bits per heavy atom. The van der Waals surface area contributed by atoms with Crippen LogP contribution in [0, 0.1) is 11.8 Å². The van der Waals surface area contributed by atoms with E-state index in [1.165, 1.54) is 11.1 Å². The second kappa shape index (κ2) is 6.56. The van der Waals surface area contributed by atoms with Crippen molar-refractivity contribution in [2.24, 2.45) is 22.1 Å². The maximum absolute atomic E-state index is 12.3. The van der Waals surface area contributed by atoms with Crippen LogP contribution in [0.4, 0.5) is 5.69 Å². The van der Waals surface area contributed by atoms with E-state index in [1.807, 2.05) is 6.92 Å². The monoisotopic (exact) mass is 343 g/mol. The van der Waals surface area contributed by atoms with Crippen molar-refractivity contribution >= 4 is 33.1 Å². The molecule has 0 amide bonds. The third-order valence-electron chi connectivity index (χ3n) is 3.78. The molecule has 0 fully saturated rings. The maximum Gasteiger partial charge on any atom is 0.286 e. The van der Waals surface area contributed by atoms with Crippen LogP contribution in [0.5, 0.6) is 0 Å². The fourth-order valence-corrected chi connectivity index (χ4v) is 4.08. The zero-order valence-corrected chi connectivity index (χ0v) is 14.7. The van der Waals surface area contributed by atoms with Crippen molar-refractivity contribution in [2.75, 3.05) is 5.01 Å². The lowest BCUT2D eigenvalue weighted by atomic mass is 9.98. The summed E-state index contributed by atoms with van der Waals surface area (Å²) in [4.78, 5) is 0.0561. The number of rotatable bonds is 5. The molecule has 1 unspecified atom stereocenters. The predicted octanol–water partition coefficient (Wildman–Crippen LogP) is 3.58. The van der Waals surface area contributed by atoms with Crippen LogP contribution in [-0.2, 0) is 10.0 Å². The molecule has 0 saturated carbocycles. The molecule has 0 aromatic heterocycles. The van der Waals surface area contributed by atoms with Gasteiger partial charge in [0.15, 0.2) is 0 Å². The van der Waals surface area contributed by atoms with Crippen LogP contribution >= 0.6 is 11.6 Å². The SMILES string of the molecule is CC(C)CCCC(C)C1=NS(=O)(=O)c2cc(Cl)ccc2N1N. The third kappa shape index (κ3) is 3.62. The molecular formula is C15H22ClN3O2S. The molecule has 5 nitrogen and oxygen atoms in total. The predicted molar refractivity (Wildman–Crippen MR) is 90.6 cm³/mol. The maximum atomic E-state index is 12.3. The van der Waals surface area contributed by atoms with Gasteiger partial charge in [0.25, 0.3) is 10.0 Å². The van der Waals surface area contributed by atoms with E-state index < -0.39 is 10.0 Å². The third-order valence-corrected chi connectivity index (χ3v) is 5.32. The van der Waals surface area contributed by atoms with Gasteiger partial charge in [-0.25, -0.2) is 5.84 Å². The summed E-state index contributed by atoms with van der Waals surface area (Å²) in [5.41, 5.74) is 0.421. The molecule has 22 heavy (non-hydrogen) atoms. The van der Waals surface area contributed by atoms with Crippen LogP contribution in [0.2, 0.25) is 5.02 Å². The van der Waals surface area contributed by atoms with E-state index in [0.29, 0.717) is 22.5 Å². The van der Waals surface area contributed by atoms with Gasteiger partial charge in [-0.05, 0) is 30.5 Å². The van der Waals surface area contributed by atoms with Gasteiger partial charge in [-0.2, -0.15) is 8.42 Å². The van der Waals surface area contributed by atoms with Crippen molar-refractivity contribution in [3.05, 3.63) is 23.2 Å². The fourth-order valence-electron chi connectivity index (χ4n) is 2.52. The Balaban J connectivity index is 2.28. The van der Waals surface area contributed by atoms with E-state index in [0.717, 1.165) is 19.3 Å². The van der Waals surface area contributed by atoms with Crippen molar-refractivity contribution in [3.63, 3.8) is 0 Å². The summed E-state index contributed by atoms with van der Waals surface area (Å²) in [5, 5.41) is 1.71. The summed E-state index contributed by atoms with van der Waals surface area (Å²) in [7, 11) is -3.75. The summed E-state index contributed by atoms with van der Waals surface area (Å²) >= 11 is 5.88. The largest absolute Gasteiger partial charge is 0.286 e. The van der Waals surface area contributed by atoms with E-state index in [2.05, 4.69) is 18.2 Å². The van der Waals surface area contributed by atoms with Crippen LogP contribution in [0.1, 0.15) is 40.0 Å². The van der Waals surface area contributed by atoms with Crippen molar-refractivity contribution in [1.82, 2.24) is 0 Å². The summed E-state index contributed by atoms with van der Waals surface area (Å²) in [6.45, 7) is 6.29. The Kier molecular flexibility index (Phi) is 5.14. The summed E-state index contributed by atoms with van der Waals surface area (Å²) in [6, 6.07) is 4.63. The van der Waals surface area contributed by atoms with Crippen LogP contribution in [-0.4, -0.2) is 14.3 Å².